The Labute approximate surface area is 145 Å². The van der Waals surface area contributed by atoms with Crippen LogP contribution in [-0.2, 0) is 9.16 Å². The number of H-pyrrole nitrogens is 1. The summed E-state index contributed by atoms with van der Waals surface area (Å²) < 4.78 is 41.3. The van der Waals surface area contributed by atoms with Gasteiger partial charge in [-0.05, 0) is 18.1 Å². The standard InChI is InChI=1S/C16H24F2N2O4Si/c1-14(2,3)25(4,5)24-10-8-12(23-15(10)9-16(15,17)18)20-7-6-11(21)19-13(20)22/h6-7,10,12H,8-9H2,1-5H3,(H,19,21,22)/t10-,12+,15-/m0/s1. The highest BCUT2D eigenvalue weighted by Crippen LogP contribution is 2.64. The molecule has 1 saturated heterocycles. The number of hydrogen-bond acceptors (Lipinski definition) is 4. The first-order valence-corrected chi connectivity index (χ1v) is 11.2. The van der Waals surface area contributed by atoms with Gasteiger partial charge in [0, 0.05) is 18.7 Å². The Hall–Kier alpha value is -1.32. The van der Waals surface area contributed by atoms with Gasteiger partial charge in [0.15, 0.2) is 13.9 Å². The fourth-order valence-corrected chi connectivity index (χ4v) is 4.35. The van der Waals surface area contributed by atoms with Gasteiger partial charge in [0.2, 0.25) is 0 Å². The second-order valence-corrected chi connectivity index (χ2v) is 13.2. The van der Waals surface area contributed by atoms with Crippen molar-refractivity contribution in [2.75, 3.05) is 0 Å². The van der Waals surface area contributed by atoms with Gasteiger partial charge in [-0.1, -0.05) is 20.8 Å². The molecule has 1 N–H and O–H groups in total. The van der Waals surface area contributed by atoms with E-state index in [4.69, 9.17) is 9.16 Å². The summed E-state index contributed by atoms with van der Waals surface area (Å²) in [6, 6.07) is 1.17. The number of aromatic nitrogens is 2. The molecule has 2 heterocycles. The van der Waals surface area contributed by atoms with Crippen LogP contribution in [0.25, 0.3) is 0 Å². The summed E-state index contributed by atoms with van der Waals surface area (Å²) in [6.45, 7) is 10.1. The SMILES string of the molecule is CC(C)(C)[Si](C)(C)O[C@H]1C[C@H](n2ccc(=O)[nH]c2=O)O[C@@]12CC2(F)F. The third kappa shape index (κ3) is 2.91. The Morgan fingerprint density at radius 3 is 2.44 bits per heavy atom. The Morgan fingerprint density at radius 2 is 1.96 bits per heavy atom. The third-order valence-corrected chi connectivity index (χ3v) is 10.2. The van der Waals surface area contributed by atoms with E-state index < -0.39 is 49.8 Å². The molecule has 9 heteroatoms. The van der Waals surface area contributed by atoms with Gasteiger partial charge in [0.1, 0.15) is 6.23 Å². The summed E-state index contributed by atoms with van der Waals surface area (Å²) >= 11 is 0. The molecule has 1 saturated carbocycles. The molecule has 6 nitrogen and oxygen atoms in total. The lowest BCUT2D eigenvalue weighted by Crippen LogP contribution is -2.47. The van der Waals surface area contributed by atoms with Crippen molar-refractivity contribution in [3.63, 3.8) is 0 Å². The molecule has 1 aliphatic carbocycles. The molecule has 2 aliphatic rings. The van der Waals surface area contributed by atoms with Crippen LogP contribution in [0.1, 0.15) is 39.8 Å². The van der Waals surface area contributed by atoms with E-state index in [1.807, 2.05) is 33.9 Å². The first-order valence-electron chi connectivity index (χ1n) is 8.34. The minimum Gasteiger partial charge on any atom is -0.411 e. The van der Waals surface area contributed by atoms with Crippen molar-refractivity contribution >= 4 is 8.32 Å². The molecule has 2 fully saturated rings. The first kappa shape index (κ1) is 18.5. The zero-order valence-electron chi connectivity index (χ0n) is 15.1. The van der Waals surface area contributed by atoms with Gasteiger partial charge < -0.3 is 9.16 Å². The molecule has 0 radical (unpaired) electrons. The van der Waals surface area contributed by atoms with Gasteiger partial charge in [-0.25, -0.2) is 13.6 Å². The quantitative estimate of drug-likeness (QED) is 0.826. The fourth-order valence-electron chi connectivity index (χ4n) is 3.00. The van der Waals surface area contributed by atoms with Gasteiger partial charge in [0.25, 0.3) is 11.5 Å². The highest BCUT2D eigenvalue weighted by Gasteiger charge is 2.80. The number of nitrogens with one attached hydrogen (secondary N) is 1. The minimum atomic E-state index is -2.97. The molecule has 1 aromatic rings. The van der Waals surface area contributed by atoms with E-state index in [1.54, 1.807) is 0 Å². The smallest absolute Gasteiger partial charge is 0.330 e. The van der Waals surface area contributed by atoms with Crippen LogP contribution < -0.4 is 11.2 Å². The molecule has 0 unspecified atom stereocenters. The van der Waals surface area contributed by atoms with E-state index in [2.05, 4.69) is 4.98 Å². The molecule has 3 atom stereocenters. The van der Waals surface area contributed by atoms with Crippen LogP contribution in [0.2, 0.25) is 18.1 Å². The Bertz CT molecular complexity index is 798. The van der Waals surface area contributed by atoms with E-state index in [-0.39, 0.29) is 11.5 Å². The molecule has 0 aromatic carbocycles. The van der Waals surface area contributed by atoms with Crippen LogP contribution in [0, 0.1) is 0 Å². The minimum absolute atomic E-state index is 0.134. The largest absolute Gasteiger partial charge is 0.411 e. The van der Waals surface area contributed by atoms with E-state index >= 15 is 0 Å². The number of rotatable bonds is 3. The molecule has 1 spiro atoms. The number of nitrogens with zero attached hydrogens (tertiary/aromatic N) is 1. The molecule has 0 amide bonds. The number of halogens is 2. The molecule has 0 bridgehead atoms. The maximum absolute atomic E-state index is 14.1. The molecule has 140 valence electrons. The van der Waals surface area contributed by atoms with Gasteiger partial charge in [-0.3, -0.25) is 14.3 Å². The summed E-state index contributed by atoms with van der Waals surface area (Å²) in [5.74, 6) is -2.97. The van der Waals surface area contributed by atoms with Crippen molar-refractivity contribution in [1.82, 2.24) is 9.55 Å². The highest BCUT2D eigenvalue weighted by molar-refractivity contribution is 6.74. The van der Waals surface area contributed by atoms with E-state index in [1.165, 1.54) is 12.3 Å². The lowest BCUT2D eigenvalue weighted by molar-refractivity contribution is -0.0972. The summed E-state index contributed by atoms with van der Waals surface area (Å²) in [6.07, 6.45) is -0.656. The van der Waals surface area contributed by atoms with Gasteiger partial charge in [0.05, 0.1) is 12.5 Å². The maximum atomic E-state index is 14.1. The average molecular weight is 374 g/mol. The molecular formula is C16H24F2N2O4Si. The van der Waals surface area contributed by atoms with Crippen molar-refractivity contribution < 1.29 is 17.9 Å². The Kier molecular flexibility index (Phi) is 3.94. The van der Waals surface area contributed by atoms with Crippen molar-refractivity contribution in [1.29, 1.82) is 0 Å². The van der Waals surface area contributed by atoms with E-state index in [9.17, 15) is 18.4 Å². The van der Waals surface area contributed by atoms with E-state index in [0.29, 0.717) is 0 Å². The Morgan fingerprint density at radius 1 is 1.36 bits per heavy atom. The zero-order valence-corrected chi connectivity index (χ0v) is 16.1. The molecule has 25 heavy (non-hydrogen) atoms. The second kappa shape index (κ2) is 5.34. The molecular weight excluding hydrogens is 350 g/mol. The summed E-state index contributed by atoms with van der Waals surface area (Å²) in [5, 5.41) is -0.134. The van der Waals surface area contributed by atoms with Gasteiger partial charge in [-0.15, -0.1) is 0 Å². The number of aromatic amines is 1. The predicted octanol–water partition coefficient (Wildman–Crippen LogP) is 2.62. The zero-order chi connectivity index (χ0) is 18.8. The van der Waals surface area contributed by atoms with Gasteiger partial charge >= 0.3 is 5.69 Å². The summed E-state index contributed by atoms with van der Waals surface area (Å²) in [7, 11) is -2.29. The van der Waals surface area contributed by atoms with Crippen LogP contribution >= 0.6 is 0 Å². The maximum Gasteiger partial charge on any atom is 0.330 e. The lowest BCUT2D eigenvalue weighted by atomic mass is 10.1. The summed E-state index contributed by atoms with van der Waals surface area (Å²) in [5.41, 5.74) is -2.90. The van der Waals surface area contributed by atoms with Crippen LogP contribution in [0.3, 0.4) is 0 Å². The third-order valence-electron chi connectivity index (χ3n) is 5.67. The van der Waals surface area contributed by atoms with Crippen LogP contribution in [0.5, 0.6) is 0 Å². The molecule has 3 rings (SSSR count). The number of hydrogen-bond donors (Lipinski definition) is 1. The molecule has 1 aliphatic heterocycles. The fraction of sp³-hybridized carbons (Fsp3) is 0.750. The number of ether oxygens (including phenoxy) is 1. The van der Waals surface area contributed by atoms with Gasteiger partial charge in [-0.2, -0.15) is 0 Å². The van der Waals surface area contributed by atoms with E-state index in [0.717, 1.165) is 4.57 Å². The normalized spacial score (nSPS) is 31.5. The van der Waals surface area contributed by atoms with Crippen LogP contribution in [-0.4, -0.2) is 35.5 Å². The van der Waals surface area contributed by atoms with Crippen LogP contribution in [0.4, 0.5) is 8.78 Å². The van der Waals surface area contributed by atoms with Crippen molar-refractivity contribution in [3.8, 4) is 0 Å². The second-order valence-electron chi connectivity index (χ2n) is 8.46. The molecule has 1 aromatic heterocycles. The Balaban J connectivity index is 1.91. The predicted molar refractivity (Wildman–Crippen MR) is 90.4 cm³/mol. The van der Waals surface area contributed by atoms with Crippen molar-refractivity contribution in [3.05, 3.63) is 33.1 Å². The first-order chi connectivity index (χ1) is 11.3. The average Bonchev–Trinajstić information content (AvgIpc) is 2.80. The monoisotopic (exact) mass is 374 g/mol. The topological polar surface area (TPSA) is 73.3 Å². The summed E-state index contributed by atoms with van der Waals surface area (Å²) in [4.78, 5) is 25.3. The van der Waals surface area contributed by atoms with Crippen LogP contribution in [0.15, 0.2) is 21.9 Å². The lowest BCUT2D eigenvalue weighted by Gasteiger charge is -2.39. The number of alkyl halides is 2. The van der Waals surface area contributed by atoms with Crippen molar-refractivity contribution in [2.24, 2.45) is 0 Å². The highest BCUT2D eigenvalue weighted by atomic mass is 28.4. The van der Waals surface area contributed by atoms with Crippen molar-refractivity contribution in [2.45, 2.75) is 75.6 Å².